The van der Waals surface area contributed by atoms with Crippen LogP contribution in [0.3, 0.4) is 0 Å². The predicted octanol–water partition coefficient (Wildman–Crippen LogP) is 4.88. The highest BCUT2D eigenvalue weighted by atomic mass is 28.4. The molecule has 0 radical (unpaired) electrons. The number of ether oxygens (including phenoxy) is 1. The Balaban J connectivity index is 1.79. The lowest BCUT2D eigenvalue weighted by molar-refractivity contribution is -0.157. The normalized spacial score (nSPS) is 21.3. The van der Waals surface area contributed by atoms with E-state index < -0.39 is 14.3 Å². The molecule has 0 unspecified atom stereocenters. The monoisotopic (exact) mass is 376 g/mol. The Hall–Kier alpha value is -1.46. The molecule has 1 saturated carbocycles. The molecule has 26 heavy (non-hydrogen) atoms. The van der Waals surface area contributed by atoms with Gasteiger partial charge in [-0.15, -0.1) is 0 Å². The van der Waals surface area contributed by atoms with Crippen LogP contribution >= 0.6 is 0 Å². The topological polar surface area (TPSA) is 52.6 Å². The first-order valence-corrected chi connectivity index (χ1v) is 12.4. The number of carbonyl (C=O) groups is 2. The van der Waals surface area contributed by atoms with Crippen LogP contribution in [0.4, 0.5) is 0 Å². The SMILES string of the molecule is CC(C)(C)[Si](C)(C)OC1CCC(C(=O)C(=O)OCc2ccccc2)CC1. The molecule has 1 aliphatic carbocycles. The fourth-order valence-corrected chi connectivity index (χ4v) is 4.42. The highest BCUT2D eigenvalue weighted by Gasteiger charge is 2.40. The van der Waals surface area contributed by atoms with Crippen molar-refractivity contribution in [2.45, 2.75) is 77.3 Å². The van der Waals surface area contributed by atoms with Gasteiger partial charge in [-0.3, -0.25) is 4.79 Å². The molecule has 5 heteroatoms. The Morgan fingerprint density at radius 3 is 2.15 bits per heavy atom. The summed E-state index contributed by atoms with van der Waals surface area (Å²) in [5.41, 5.74) is 0.889. The minimum absolute atomic E-state index is 0.148. The zero-order valence-electron chi connectivity index (χ0n) is 16.7. The van der Waals surface area contributed by atoms with Crippen molar-refractivity contribution in [2.24, 2.45) is 5.92 Å². The molecule has 1 aromatic carbocycles. The van der Waals surface area contributed by atoms with Crippen LogP contribution in [0.5, 0.6) is 0 Å². The van der Waals surface area contributed by atoms with Gasteiger partial charge in [0.1, 0.15) is 6.61 Å². The van der Waals surface area contributed by atoms with Gasteiger partial charge in [-0.25, -0.2) is 4.79 Å². The summed E-state index contributed by atoms with van der Waals surface area (Å²) in [6.45, 7) is 11.4. The van der Waals surface area contributed by atoms with Gasteiger partial charge in [-0.1, -0.05) is 51.1 Å². The maximum absolute atomic E-state index is 12.4. The van der Waals surface area contributed by atoms with Gasteiger partial charge in [0.15, 0.2) is 8.32 Å². The standard InChI is InChI=1S/C21H32O4Si/c1-21(2,3)26(4,5)25-18-13-11-17(12-14-18)19(22)20(23)24-15-16-9-7-6-8-10-16/h6-10,17-18H,11-15H2,1-5H3. The zero-order valence-corrected chi connectivity index (χ0v) is 17.7. The summed E-state index contributed by atoms with van der Waals surface area (Å²) in [5.74, 6) is -1.31. The molecule has 0 spiro atoms. The van der Waals surface area contributed by atoms with Crippen molar-refractivity contribution in [1.29, 1.82) is 0 Å². The lowest BCUT2D eigenvalue weighted by Gasteiger charge is -2.41. The van der Waals surface area contributed by atoms with Crippen molar-refractivity contribution in [3.63, 3.8) is 0 Å². The molecule has 0 aliphatic heterocycles. The van der Waals surface area contributed by atoms with Gasteiger partial charge < -0.3 is 9.16 Å². The van der Waals surface area contributed by atoms with Crippen molar-refractivity contribution in [3.8, 4) is 0 Å². The summed E-state index contributed by atoms with van der Waals surface area (Å²) < 4.78 is 11.6. The zero-order chi connectivity index (χ0) is 19.4. The maximum Gasteiger partial charge on any atom is 0.375 e. The number of Topliss-reactive ketones (excluding diaryl/α,β-unsaturated/α-hetero) is 1. The molecule has 2 rings (SSSR count). The van der Waals surface area contributed by atoms with E-state index in [2.05, 4.69) is 33.9 Å². The average molecular weight is 377 g/mol. The molecule has 0 bridgehead atoms. The Bertz CT molecular complexity index is 611. The largest absolute Gasteiger partial charge is 0.455 e. The van der Waals surface area contributed by atoms with E-state index in [0.717, 1.165) is 18.4 Å². The third kappa shape index (κ3) is 5.51. The molecule has 0 saturated heterocycles. The lowest BCUT2D eigenvalue weighted by atomic mass is 9.85. The van der Waals surface area contributed by atoms with Crippen molar-refractivity contribution < 1.29 is 18.8 Å². The van der Waals surface area contributed by atoms with Crippen molar-refractivity contribution >= 4 is 20.1 Å². The van der Waals surface area contributed by atoms with Gasteiger partial charge in [0.25, 0.3) is 0 Å². The Kier molecular flexibility index (Phi) is 6.80. The van der Waals surface area contributed by atoms with Gasteiger partial charge in [-0.05, 0) is 49.4 Å². The summed E-state index contributed by atoms with van der Waals surface area (Å²) in [5, 5.41) is 0.181. The number of ketones is 1. The first kappa shape index (κ1) is 20.8. The Labute approximate surface area is 158 Å². The molecule has 0 heterocycles. The van der Waals surface area contributed by atoms with Crippen LogP contribution in [-0.2, 0) is 25.4 Å². The second-order valence-corrected chi connectivity index (χ2v) is 13.5. The smallest absolute Gasteiger partial charge is 0.375 e. The first-order chi connectivity index (χ1) is 12.1. The van der Waals surface area contributed by atoms with Crippen LogP contribution in [0, 0.1) is 5.92 Å². The van der Waals surface area contributed by atoms with Crippen LogP contribution in [0.2, 0.25) is 18.1 Å². The molecular weight excluding hydrogens is 344 g/mol. The van der Waals surface area contributed by atoms with Gasteiger partial charge in [0.05, 0.1) is 0 Å². The van der Waals surface area contributed by atoms with E-state index in [1.54, 1.807) is 0 Å². The summed E-state index contributed by atoms with van der Waals surface area (Å²) in [4.78, 5) is 24.4. The number of hydrogen-bond acceptors (Lipinski definition) is 4. The number of esters is 1. The van der Waals surface area contributed by atoms with Gasteiger partial charge in [-0.2, -0.15) is 0 Å². The number of rotatable bonds is 6. The molecule has 0 aromatic heterocycles. The van der Waals surface area contributed by atoms with E-state index in [1.807, 2.05) is 30.3 Å². The molecule has 1 aromatic rings. The summed E-state index contributed by atoms with van der Waals surface area (Å²) in [7, 11) is -1.79. The molecule has 0 amide bonds. The summed E-state index contributed by atoms with van der Waals surface area (Å²) in [6.07, 6.45) is 3.31. The molecule has 144 valence electrons. The summed E-state index contributed by atoms with van der Waals surface area (Å²) >= 11 is 0. The fourth-order valence-electron chi connectivity index (χ4n) is 3.00. The highest BCUT2D eigenvalue weighted by molar-refractivity contribution is 6.74. The van der Waals surface area contributed by atoms with Gasteiger partial charge >= 0.3 is 5.97 Å². The van der Waals surface area contributed by atoms with E-state index in [-0.39, 0.29) is 29.5 Å². The Morgan fingerprint density at radius 2 is 1.62 bits per heavy atom. The number of hydrogen-bond donors (Lipinski definition) is 0. The average Bonchev–Trinajstić information content (AvgIpc) is 2.59. The van der Waals surface area contributed by atoms with Crippen LogP contribution < -0.4 is 0 Å². The molecule has 1 aliphatic rings. The molecule has 0 N–H and O–H groups in total. The van der Waals surface area contributed by atoms with E-state index in [9.17, 15) is 9.59 Å². The minimum atomic E-state index is -1.79. The summed E-state index contributed by atoms with van der Waals surface area (Å²) in [6, 6.07) is 9.42. The van der Waals surface area contributed by atoms with E-state index >= 15 is 0 Å². The third-order valence-electron chi connectivity index (χ3n) is 5.73. The van der Waals surface area contributed by atoms with E-state index in [0.29, 0.717) is 12.8 Å². The van der Waals surface area contributed by atoms with E-state index in [1.165, 1.54) is 0 Å². The van der Waals surface area contributed by atoms with Crippen LogP contribution in [0.1, 0.15) is 52.0 Å². The predicted molar refractivity (Wildman–Crippen MR) is 105 cm³/mol. The molecule has 0 atom stereocenters. The van der Waals surface area contributed by atoms with Crippen LogP contribution in [0.25, 0.3) is 0 Å². The number of benzene rings is 1. The molecular formula is C21H32O4Si. The van der Waals surface area contributed by atoms with Gasteiger partial charge in [0.2, 0.25) is 5.78 Å². The van der Waals surface area contributed by atoms with E-state index in [4.69, 9.17) is 9.16 Å². The molecule has 4 nitrogen and oxygen atoms in total. The van der Waals surface area contributed by atoms with Crippen molar-refractivity contribution in [1.82, 2.24) is 0 Å². The lowest BCUT2D eigenvalue weighted by Crippen LogP contribution is -2.45. The second kappa shape index (κ2) is 8.48. The minimum Gasteiger partial charge on any atom is -0.455 e. The molecule has 1 fully saturated rings. The van der Waals surface area contributed by atoms with Gasteiger partial charge in [0, 0.05) is 12.0 Å². The van der Waals surface area contributed by atoms with Crippen molar-refractivity contribution in [3.05, 3.63) is 35.9 Å². The fraction of sp³-hybridized carbons (Fsp3) is 0.619. The highest BCUT2D eigenvalue weighted by Crippen LogP contribution is 2.39. The first-order valence-electron chi connectivity index (χ1n) is 9.53. The Morgan fingerprint density at radius 1 is 1.04 bits per heavy atom. The third-order valence-corrected chi connectivity index (χ3v) is 10.3. The quantitative estimate of drug-likeness (QED) is 0.403. The van der Waals surface area contributed by atoms with Crippen molar-refractivity contribution in [2.75, 3.05) is 0 Å². The number of carbonyl (C=O) groups excluding carboxylic acids is 2. The second-order valence-electron chi connectivity index (χ2n) is 8.78. The maximum atomic E-state index is 12.4. The van der Waals surface area contributed by atoms with Crippen LogP contribution in [0.15, 0.2) is 30.3 Å². The van der Waals surface area contributed by atoms with Crippen LogP contribution in [-0.4, -0.2) is 26.2 Å².